The van der Waals surface area contributed by atoms with Gasteiger partial charge in [-0.05, 0) is 53.1 Å². The van der Waals surface area contributed by atoms with Crippen LogP contribution in [0.1, 0.15) is 24.8 Å². The van der Waals surface area contributed by atoms with Crippen molar-refractivity contribution in [2.24, 2.45) is 11.3 Å². The highest BCUT2D eigenvalue weighted by atomic mass is 79.9. The molecule has 0 aliphatic heterocycles. The number of halogens is 1. The molecule has 0 saturated heterocycles. The normalized spacial score (nSPS) is 22.8. The van der Waals surface area contributed by atoms with Crippen molar-refractivity contribution >= 4 is 27.7 Å². The van der Waals surface area contributed by atoms with E-state index in [4.69, 9.17) is 5.73 Å². The molecule has 5 nitrogen and oxygen atoms in total. The number of benzene rings is 1. The van der Waals surface area contributed by atoms with Crippen molar-refractivity contribution in [2.45, 2.75) is 25.7 Å². The lowest BCUT2D eigenvalue weighted by Crippen LogP contribution is -2.45. The van der Waals surface area contributed by atoms with Crippen molar-refractivity contribution < 1.29 is 5.11 Å². The lowest BCUT2D eigenvalue weighted by molar-refractivity contribution is 0.00301. The molecule has 4 N–H and O–H groups in total. The first-order valence-corrected chi connectivity index (χ1v) is 9.06. The minimum Gasteiger partial charge on any atom is -0.396 e. The molecule has 1 fully saturated rings. The number of hydrogen-bond donors (Lipinski definition) is 3. The molecule has 1 saturated carbocycles. The van der Waals surface area contributed by atoms with Crippen LogP contribution in [0.25, 0.3) is 0 Å². The van der Waals surface area contributed by atoms with E-state index in [1.165, 1.54) is 12.0 Å². The summed E-state index contributed by atoms with van der Waals surface area (Å²) in [5.74, 6) is 1.61. The highest BCUT2D eigenvalue weighted by Gasteiger charge is 2.43. The summed E-state index contributed by atoms with van der Waals surface area (Å²) >= 11 is 3.42. The topological polar surface area (TPSA) is 84.1 Å². The van der Waals surface area contributed by atoms with Crippen molar-refractivity contribution in [2.75, 3.05) is 24.2 Å². The Balaban J connectivity index is 1.49. The minimum atomic E-state index is -0.0551. The van der Waals surface area contributed by atoms with Crippen LogP contribution >= 0.6 is 15.9 Å². The maximum absolute atomic E-state index is 9.83. The quantitative estimate of drug-likeness (QED) is 0.675. The Kier molecular flexibility index (Phi) is 5.36. The number of aromatic nitrogens is 2. The first-order chi connectivity index (χ1) is 11.6. The smallest absolute Gasteiger partial charge is 0.221 e. The van der Waals surface area contributed by atoms with Crippen LogP contribution in [0.3, 0.4) is 0 Å². The molecule has 3 rings (SSSR count). The molecule has 24 heavy (non-hydrogen) atoms. The van der Waals surface area contributed by atoms with Crippen molar-refractivity contribution in [1.29, 1.82) is 0 Å². The van der Waals surface area contributed by atoms with Gasteiger partial charge in [0.2, 0.25) is 5.95 Å². The molecule has 0 amide bonds. The standard InChI is InChI=1S/C18H23BrN4O/c19-15-10-21-17(20)23-16(15)22-11-18(12-24)8-14(9-18)7-6-13-4-2-1-3-5-13/h1-5,10,14,24H,6-9,11-12H2,(H3,20,21,22,23). The summed E-state index contributed by atoms with van der Waals surface area (Å²) in [6.45, 7) is 0.889. The Hall–Kier alpha value is -1.66. The van der Waals surface area contributed by atoms with Crippen LogP contribution in [-0.4, -0.2) is 28.2 Å². The fourth-order valence-electron chi connectivity index (χ4n) is 3.49. The summed E-state index contributed by atoms with van der Waals surface area (Å²) in [5.41, 5.74) is 6.96. The van der Waals surface area contributed by atoms with E-state index in [9.17, 15) is 5.11 Å². The first-order valence-electron chi connectivity index (χ1n) is 8.27. The van der Waals surface area contributed by atoms with Crippen LogP contribution in [0.4, 0.5) is 11.8 Å². The van der Waals surface area contributed by atoms with Gasteiger partial charge >= 0.3 is 0 Å². The van der Waals surface area contributed by atoms with E-state index in [2.05, 4.69) is 55.5 Å². The molecular formula is C18H23BrN4O. The summed E-state index contributed by atoms with van der Waals surface area (Å²) in [4.78, 5) is 8.12. The van der Waals surface area contributed by atoms with Crippen molar-refractivity contribution in [3.63, 3.8) is 0 Å². The van der Waals surface area contributed by atoms with Crippen molar-refractivity contribution in [3.8, 4) is 0 Å². The van der Waals surface area contributed by atoms with Gasteiger partial charge in [0.05, 0.1) is 11.1 Å². The maximum atomic E-state index is 9.83. The van der Waals surface area contributed by atoms with Crippen LogP contribution in [0.2, 0.25) is 0 Å². The third-order valence-corrected chi connectivity index (χ3v) is 5.44. The molecule has 1 aliphatic carbocycles. The van der Waals surface area contributed by atoms with E-state index in [0.717, 1.165) is 23.7 Å². The third kappa shape index (κ3) is 4.05. The number of anilines is 2. The summed E-state index contributed by atoms with van der Waals surface area (Å²) < 4.78 is 0.782. The molecule has 2 aromatic rings. The van der Waals surface area contributed by atoms with Crippen LogP contribution in [0.5, 0.6) is 0 Å². The average molecular weight is 391 g/mol. The number of aliphatic hydroxyl groups excluding tert-OH is 1. The van der Waals surface area contributed by atoms with E-state index in [1.54, 1.807) is 6.20 Å². The molecule has 1 aromatic carbocycles. The van der Waals surface area contributed by atoms with E-state index >= 15 is 0 Å². The van der Waals surface area contributed by atoms with Gasteiger partial charge < -0.3 is 16.2 Å². The van der Waals surface area contributed by atoms with Gasteiger partial charge in [0.25, 0.3) is 0 Å². The second-order valence-corrected chi connectivity index (χ2v) is 7.59. The zero-order valence-electron chi connectivity index (χ0n) is 13.6. The Labute approximate surface area is 150 Å². The van der Waals surface area contributed by atoms with Gasteiger partial charge in [-0.1, -0.05) is 30.3 Å². The number of hydrogen-bond acceptors (Lipinski definition) is 5. The molecule has 0 atom stereocenters. The highest BCUT2D eigenvalue weighted by Crippen LogP contribution is 2.47. The zero-order valence-corrected chi connectivity index (χ0v) is 15.2. The van der Waals surface area contributed by atoms with Gasteiger partial charge in [-0.3, -0.25) is 0 Å². The van der Waals surface area contributed by atoms with Crippen LogP contribution in [0, 0.1) is 11.3 Å². The SMILES string of the molecule is Nc1ncc(Br)c(NCC2(CO)CC(CCc3ccccc3)C2)n1. The Bertz CT molecular complexity index is 674. The molecule has 1 aliphatic rings. The monoisotopic (exact) mass is 390 g/mol. The van der Waals surface area contributed by atoms with Crippen molar-refractivity contribution in [3.05, 3.63) is 46.6 Å². The van der Waals surface area contributed by atoms with E-state index < -0.39 is 0 Å². The van der Waals surface area contributed by atoms with Crippen LogP contribution in [0.15, 0.2) is 41.0 Å². The molecule has 0 radical (unpaired) electrons. The molecule has 0 unspecified atom stereocenters. The lowest BCUT2D eigenvalue weighted by atomic mass is 9.61. The van der Waals surface area contributed by atoms with Gasteiger partial charge in [0.15, 0.2) is 0 Å². The van der Waals surface area contributed by atoms with Gasteiger partial charge in [-0.2, -0.15) is 4.98 Å². The van der Waals surface area contributed by atoms with E-state index in [-0.39, 0.29) is 18.0 Å². The van der Waals surface area contributed by atoms with Gasteiger partial charge in [0.1, 0.15) is 5.82 Å². The number of nitrogens with two attached hydrogens (primary N) is 1. The zero-order chi connectivity index (χ0) is 17.0. The lowest BCUT2D eigenvalue weighted by Gasteiger charge is -2.47. The molecule has 128 valence electrons. The summed E-state index contributed by atoms with van der Waals surface area (Å²) in [7, 11) is 0. The minimum absolute atomic E-state index is 0.0551. The highest BCUT2D eigenvalue weighted by molar-refractivity contribution is 9.10. The molecule has 0 bridgehead atoms. The van der Waals surface area contributed by atoms with Crippen LogP contribution < -0.4 is 11.1 Å². The van der Waals surface area contributed by atoms with Gasteiger partial charge in [-0.15, -0.1) is 0 Å². The fourth-order valence-corrected chi connectivity index (χ4v) is 3.82. The number of aliphatic hydroxyl groups is 1. The summed E-state index contributed by atoms with van der Waals surface area (Å²) in [5, 5.41) is 13.1. The fraction of sp³-hybridized carbons (Fsp3) is 0.444. The Morgan fingerprint density at radius 2 is 2.04 bits per heavy atom. The Morgan fingerprint density at radius 3 is 2.75 bits per heavy atom. The van der Waals surface area contributed by atoms with E-state index in [1.807, 2.05) is 6.07 Å². The molecule has 1 aromatic heterocycles. The predicted octanol–water partition coefficient (Wildman–Crippen LogP) is 3.25. The number of aryl methyl sites for hydroxylation is 1. The Morgan fingerprint density at radius 1 is 1.29 bits per heavy atom. The third-order valence-electron chi connectivity index (χ3n) is 4.86. The largest absolute Gasteiger partial charge is 0.396 e. The van der Waals surface area contributed by atoms with E-state index in [0.29, 0.717) is 18.3 Å². The number of nitrogen functional groups attached to an aromatic ring is 1. The molecule has 0 spiro atoms. The van der Waals surface area contributed by atoms with Gasteiger partial charge in [0, 0.05) is 18.2 Å². The van der Waals surface area contributed by atoms with Crippen LogP contribution in [-0.2, 0) is 6.42 Å². The van der Waals surface area contributed by atoms with Crippen molar-refractivity contribution in [1.82, 2.24) is 9.97 Å². The first kappa shape index (κ1) is 17.2. The molecular weight excluding hydrogens is 368 g/mol. The maximum Gasteiger partial charge on any atom is 0.221 e. The summed E-state index contributed by atoms with van der Waals surface area (Å²) in [6.07, 6.45) is 6.01. The average Bonchev–Trinajstić information content (AvgIpc) is 2.57. The second-order valence-electron chi connectivity index (χ2n) is 6.73. The number of rotatable bonds is 7. The predicted molar refractivity (Wildman–Crippen MR) is 99.6 cm³/mol. The molecule has 1 heterocycles. The number of nitrogens with zero attached hydrogens (tertiary/aromatic N) is 2. The molecule has 6 heteroatoms. The number of nitrogens with one attached hydrogen (secondary N) is 1. The second kappa shape index (κ2) is 7.49. The van der Waals surface area contributed by atoms with Gasteiger partial charge in [-0.25, -0.2) is 4.98 Å². The summed E-state index contributed by atoms with van der Waals surface area (Å²) in [6, 6.07) is 10.6.